The molecule has 1 aliphatic rings. The van der Waals surface area contributed by atoms with Crippen molar-refractivity contribution in [2.75, 3.05) is 0 Å². The number of amides is 1. The van der Waals surface area contributed by atoms with Gasteiger partial charge in [0.25, 0.3) is 0 Å². The standard InChI is InChI=1S/C14H17N5O2/c20-14(21)17-12-3-2-11(8-12)13-9-15-10-18(13)6-7-19-5-1-4-16-19/h1-2,4-5,9-10,12,17H,3,6-8H2,(H,20,21). The fourth-order valence-electron chi connectivity index (χ4n) is 2.62. The molecule has 2 aromatic heterocycles. The molecule has 0 bridgehead atoms. The molecule has 21 heavy (non-hydrogen) atoms. The van der Waals surface area contributed by atoms with E-state index in [9.17, 15) is 4.79 Å². The van der Waals surface area contributed by atoms with Gasteiger partial charge in [-0.05, 0) is 24.5 Å². The van der Waals surface area contributed by atoms with Crippen LogP contribution in [0.1, 0.15) is 18.5 Å². The van der Waals surface area contributed by atoms with E-state index in [1.165, 1.54) is 0 Å². The number of aromatic nitrogens is 4. The van der Waals surface area contributed by atoms with Crippen LogP contribution in [0.5, 0.6) is 0 Å². The molecule has 2 heterocycles. The van der Waals surface area contributed by atoms with Gasteiger partial charge in [0, 0.05) is 25.0 Å². The van der Waals surface area contributed by atoms with Crippen molar-refractivity contribution in [3.8, 4) is 0 Å². The summed E-state index contributed by atoms with van der Waals surface area (Å²) in [4.78, 5) is 14.9. The first-order valence-electron chi connectivity index (χ1n) is 6.89. The molecule has 1 unspecified atom stereocenters. The monoisotopic (exact) mass is 287 g/mol. The van der Waals surface area contributed by atoms with E-state index in [2.05, 4.69) is 26.0 Å². The van der Waals surface area contributed by atoms with Crippen LogP contribution in [0.3, 0.4) is 0 Å². The highest BCUT2D eigenvalue weighted by molar-refractivity contribution is 5.69. The lowest BCUT2D eigenvalue weighted by atomic mass is 10.1. The van der Waals surface area contributed by atoms with Gasteiger partial charge in [0.1, 0.15) is 0 Å². The van der Waals surface area contributed by atoms with Gasteiger partial charge in [0.2, 0.25) is 0 Å². The predicted molar refractivity (Wildman–Crippen MR) is 76.6 cm³/mol. The molecule has 1 aliphatic carbocycles. The van der Waals surface area contributed by atoms with Crippen LogP contribution in [0.25, 0.3) is 5.57 Å². The first kappa shape index (κ1) is 13.4. The van der Waals surface area contributed by atoms with Crippen molar-refractivity contribution in [3.05, 3.63) is 42.8 Å². The fraction of sp³-hybridized carbons (Fsp3) is 0.357. The quantitative estimate of drug-likeness (QED) is 0.874. The molecular formula is C14H17N5O2. The van der Waals surface area contributed by atoms with Crippen molar-refractivity contribution in [3.63, 3.8) is 0 Å². The molecule has 0 aromatic carbocycles. The maximum atomic E-state index is 10.7. The van der Waals surface area contributed by atoms with Crippen LogP contribution in [0.15, 0.2) is 37.1 Å². The Balaban J connectivity index is 1.64. The number of nitrogens with zero attached hydrogens (tertiary/aromatic N) is 4. The third-order valence-electron chi connectivity index (χ3n) is 3.61. The third-order valence-corrected chi connectivity index (χ3v) is 3.61. The molecule has 0 saturated carbocycles. The summed E-state index contributed by atoms with van der Waals surface area (Å²) in [5, 5.41) is 15.5. The van der Waals surface area contributed by atoms with Gasteiger partial charge < -0.3 is 15.0 Å². The molecule has 1 amide bonds. The second-order valence-corrected chi connectivity index (χ2v) is 5.06. The van der Waals surface area contributed by atoms with Crippen LogP contribution in [0.4, 0.5) is 4.79 Å². The number of hydrogen-bond acceptors (Lipinski definition) is 3. The van der Waals surface area contributed by atoms with E-state index >= 15 is 0 Å². The summed E-state index contributed by atoms with van der Waals surface area (Å²) in [6.07, 6.45) is 9.87. The average Bonchev–Trinajstić information content (AvgIpc) is 3.17. The molecule has 0 spiro atoms. The second kappa shape index (κ2) is 5.82. The highest BCUT2D eigenvalue weighted by Crippen LogP contribution is 2.27. The maximum Gasteiger partial charge on any atom is 0.404 e. The van der Waals surface area contributed by atoms with Gasteiger partial charge in [0.05, 0.1) is 24.8 Å². The first-order chi connectivity index (χ1) is 10.2. The van der Waals surface area contributed by atoms with E-state index in [4.69, 9.17) is 5.11 Å². The summed E-state index contributed by atoms with van der Waals surface area (Å²) in [7, 11) is 0. The van der Waals surface area contributed by atoms with Crippen molar-refractivity contribution in [2.24, 2.45) is 0 Å². The molecule has 2 N–H and O–H groups in total. The SMILES string of the molecule is O=C(O)NC1CC=C(c2cncn2CCn2cccn2)C1. The van der Waals surface area contributed by atoms with Crippen LogP contribution in [0, 0.1) is 0 Å². The Labute approximate surface area is 121 Å². The molecule has 3 rings (SSSR count). The number of hydrogen-bond donors (Lipinski definition) is 2. The zero-order chi connectivity index (χ0) is 14.7. The molecule has 0 saturated heterocycles. The topological polar surface area (TPSA) is 85.0 Å². The minimum Gasteiger partial charge on any atom is -0.465 e. The lowest BCUT2D eigenvalue weighted by molar-refractivity contribution is 0.190. The second-order valence-electron chi connectivity index (χ2n) is 5.06. The van der Waals surface area contributed by atoms with Crippen molar-refractivity contribution in [1.29, 1.82) is 0 Å². The number of carboxylic acid groups (broad SMARTS) is 1. The molecule has 7 heteroatoms. The summed E-state index contributed by atoms with van der Waals surface area (Å²) in [6, 6.07) is 1.86. The Morgan fingerprint density at radius 1 is 1.48 bits per heavy atom. The molecule has 0 radical (unpaired) electrons. The van der Waals surface area contributed by atoms with E-state index in [1.807, 2.05) is 23.1 Å². The number of rotatable bonds is 5. The minimum atomic E-state index is -0.971. The predicted octanol–water partition coefficient (Wildman–Crippen LogP) is 1.59. The van der Waals surface area contributed by atoms with E-state index in [0.717, 1.165) is 30.8 Å². The van der Waals surface area contributed by atoms with E-state index < -0.39 is 6.09 Å². The molecule has 1 atom stereocenters. The van der Waals surface area contributed by atoms with E-state index in [1.54, 1.807) is 12.5 Å². The van der Waals surface area contributed by atoms with Crippen LogP contribution in [-0.2, 0) is 13.1 Å². The van der Waals surface area contributed by atoms with Crippen LogP contribution >= 0.6 is 0 Å². The van der Waals surface area contributed by atoms with Crippen molar-refractivity contribution in [2.45, 2.75) is 32.0 Å². The normalized spacial score (nSPS) is 17.7. The number of aryl methyl sites for hydroxylation is 2. The van der Waals surface area contributed by atoms with Crippen LogP contribution in [0.2, 0.25) is 0 Å². The van der Waals surface area contributed by atoms with Gasteiger partial charge >= 0.3 is 6.09 Å². The Morgan fingerprint density at radius 3 is 3.14 bits per heavy atom. The molecule has 0 fully saturated rings. The molecule has 7 nitrogen and oxygen atoms in total. The van der Waals surface area contributed by atoms with Gasteiger partial charge in [-0.1, -0.05) is 6.08 Å². The molecule has 110 valence electrons. The smallest absolute Gasteiger partial charge is 0.404 e. The first-order valence-corrected chi connectivity index (χ1v) is 6.89. The summed E-state index contributed by atoms with van der Waals surface area (Å²) < 4.78 is 3.96. The average molecular weight is 287 g/mol. The van der Waals surface area contributed by atoms with Gasteiger partial charge in [-0.3, -0.25) is 4.68 Å². The van der Waals surface area contributed by atoms with Crippen molar-refractivity contribution < 1.29 is 9.90 Å². The Morgan fingerprint density at radius 2 is 2.38 bits per heavy atom. The molecule has 2 aromatic rings. The van der Waals surface area contributed by atoms with Gasteiger partial charge in [-0.15, -0.1) is 0 Å². The largest absolute Gasteiger partial charge is 0.465 e. The minimum absolute atomic E-state index is 0.0352. The Kier molecular flexibility index (Phi) is 3.72. The Hall–Kier alpha value is -2.57. The third kappa shape index (κ3) is 3.13. The number of imidazole rings is 1. The lowest BCUT2D eigenvalue weighted by Crippen LogP contribution is -2.31. The molecular weight excluding hydrogens is 270 g/mol. The summed E-state index contributed by atoms with van der Waals surface area (Å²) in [5.41, 5.74) is 2.20. The van der Waals surface area contributed by atoms with Crippen LogP contribution < -0.4 is 5.32 Å². The van der Waals surface area contributed by atoms with Crippen molar-refractivity contribution in [1.82, 2.24) is 24.6 Å². The summed E-state index contributed by atoms with van der Waals surface area (Å²) in [6.45, 7) is 1.56. The van der Waals surface area contributed by atoms with Crippen molar-refractivity contribution >= 4 is 11.7 Å². The number of carbonyl (C=O) groups is 1. The zero-order valence-electron chi connectivity index (χ0n) is 11.5. The Bertz CT molecular complexity index is 644. The van der Waals surface area contributed by atoms with Gasteiger partial charge in [-0.2, -0.15) is 5.10 Å². The zero-order valence-corrected chi connectivity index (χ0v) is 11.5. The number of nitrogens with one attached hydrogen (secondary N) is 1. The highest BCUT2D eigenvalue weighted by Gasteiger charge is 2.21. The summed E-state index contributed by atoms with van der Waals surface area (Å²) in [5.74, 6) is 0. The highest BCUT2D eigenvalue weighted by atomic mass is 16.4. The van der Waals surface area contributed by atoms with Crippen LogP contribution in [-0.4, -0.2) is 36.6 Å². The van der Waals surface area contributed by atoms with Gasteiger partial charge in [0.15, 0.2) is 0 Å². The van der Waals surface area contributed by atoms with E-state index in [-0.39, 0.29) is 6.04 Å². The molecule has 0 aliphatic heterocycles. The maximum absolute atomic E-state index is 10.7. The summed E-state index contributed by atoms with van der Waals surface area (Å²) >= 11 is 0. The lowest BCUT2D eigenvalue weighted by Gasteiger charge is -2.12. The van der Waals surface area contributed by atoms with Gasteiger partial charge in [-0.25, -0.2) is 9.78 Å². The van der Waals surface area contributed by atoms with E-state index in [0.29, 0.717) is 6.42 Å². The fourth-order valence-corrected chi connectivity index (χ4v) is 2.62.